The summed E-state index contributed by atoms with van der Waals surface area (Å²) in [5.74, 6) is 1.07. The van der Waals surface area contributed by atoms with Gasteiger partial charge in [0.15, 0.2) is 11.5 Å². The molecule has 3 heteroatoms. The van der Waals surface area contributed by atoms with Crippen LogP contribution < -0.4 is 0 Å². The van der Waals surface area contributed by atoms with Crippen molar-refractivity contribution in [2.75, 3.05) is 13.1 Å². The number of ketones is 1. The smallest absolute Gasteiger partial charge is 0.196 e. The molecule has 0 aliphatic carbocycles. The van der Waals surface area contributed by atoms with Crippen molar-refractivity contribution in [3.8, 4) is 0 Å². The Balaban J connectivity index is 2.00. The summed E-state index contributed by atoms with van der Waals surface area (Å²) in [6.07, 6.45) is 0. The van der Waals surface area contributed by atoms with Crippen LogP contribution in [0, 0.1) is 0 Å². The number of carbonyl (C=O) groups excluding carboxylic acids is 1. The molecule has 0 bridgehead atoms. The van der Waals surface area contributed by atoms with Crippen LogP contribution in [0.4, 0.5) is 0 Å². The fourth-order valence-corrected chi connectivity index (χ4v) is 2.21. The molecule has 1 aliphatic rings. The zero-order valence-corrected chi connectivity index (χ0v) is 12.8. The summed E-state index contributed by atoms with van der Waals surface area (Å²) in [5.41, 5.74) is 3.45. The molecule has 1 aromatic rings. The van der Waals surface area contributed by atoms with Gasteiger partial charge in [0, 0.05) is 13.5 Å². The van der Waals surface area contributed by atoms with Crippen molar-refractivity contribution in [3.05, 3.63) is 46.8 Å². The van der Waals surface area contributed by atoms with Crippen LogP contribution in [-0.2, 0) is 16.1 Å². The number of ether oxygens (including phenoxy) is 1. The summed E-state index contributed by atoms with van der Waals surface area (Å²) in [7, 11) is 0. The van der Waals surface area contributed by atoms with E-state index in [1.165, 1.54) is 5.56 Å². The highest BCUT2D eigenvalue weighted by molar-refractivity contribution is 5.92. The van der Waals surface area contributed by atoms with Gasteiger partial charge < -0.3 is 9.64 Å². The first-order valence-corrected chi connectivity index (χ1v) is 7.23. The van der Waals surface area contributed by atoms with E-state index in [1.54, 1.807) is 6.92 Å². The monoisotopic (exact) mass is 273 g/mol. The van der Waals surface area contributed by atoms with Crippen LogP contribution in [0.3, 0.4) is 0 Å². The van der Waals surface area contributed by atoms with Gasteiger partial charge in [-0.2, -0.15) is 0 Å². The van der Waals surface area contributed by atoms with Crippen molar-refractivity contribution < 1.29 is 9.53 Å². The van der Waals surface area contributed by atoms with Gasteiger partial charge in [0.05, 0.1) is 12.2 Å². The molecule has 1 saturated heterocycles. The third-order valence-corrected chi connectivity index (χ3v) is 3.61. The van der Waals surface area contributed by atoms with E-state index in [2.05, 4.69) is 49.9 Å². The van der Waals surface area contributed by atoms with E-state index in [-0.39, 0.29) is 5.78 Å². The minimum Gasteiger partial charge on any atom is -0.483 e. The fourth-order valence-electron chi connectivity index (χ4n) is 2.21. The number of carbonyl (C=O) groups is 1. The number of Topliss-reactive ketones (excluding diaryl/α,β-unsaturated/α-hetero) is 1. The average Bonchev–Trinajstić information content (AvgIpc) is 3.18. The molecule has 108 valence electrons. The third-order valence-electron chi connectivity index (χ3n) is 3.61. The molecule has 2 rings (SSSR count). The number of hydrogen-bond donors (Lipinski definition) is 0. The molecule has 1 fully saturated rings. The second-order valence-corrected chi connectivity index (χ2v) is 5.53. The summed E-state index contributed by atoms with van der Waals surface area (Å²) < 4.78 is 5.73. The van der Waals surface area contributed by atoms with Gasteiger partial charge in [-0.15, -0.1) is 0 Å². The number of allylic oxidation sites excluding steroid dienone is 1. The minimum atomic E-state index is 0.00903. The van der Waals surface area contributed by atoms with Crippen LogP contribution in [0.5, 0.6) is 0 Å². The Hall–Kier alpha value is -1.77. The lowest BCUT2D eigenvalue weighted by molar-refractivity contribution is -0.117. The Bertz CT molecular complexity index is 514. The van der Waals surface area contributed by atoms with Gasteiger partial charge in [-0.3, -0.25) is 4.79 Å². The van der Waals surface area contributed by atoms with Gasteiger partial charge in [-0.25, -0.2) is 0 Å². The van der Waals surface area contributed by atoms with Gasteiger partial charge in [0.2, 0.25) is 0 Å². The van der Waals surface area contributed by atoms with Gasteiger partial charge in [0.25, 0.3) is 0 Å². The van der Waals surface area contributed by atoms with Crippen LogP contribution in [0.2, 0.25) is 0 Å². The number of rotatable bonds is 6. The van der Waals surface area contributed by atoms with Crippen molar-refractivity contribution in [3.63, 3.8) is 0 Å². The molecule has 0 atom stereocenters. The summed E-state index contributed by atoms with van der Waals surface area (Å²) >= 11 is 0. The molecule has 1 aromatic carbocycles. The first-order chi connectivity index (χ1) is 9.52. The van der Waals surface area contributed by atoms with Crippen LogP contribution in [0.15, 0.2) is 35.7 Å². The first-order valence-electron chi connectivity index (χ1n) is 7.23. The van der Waals surface area contributed by atoms with E-state index in [1.807, 2.05) is 0 Å². The second kappa shape index (κ2) is 6.12. The van der Waals surface area contributed by atoms with Gasteiger partial charge >= 0.3 is 0 Å². The molecule has 0 saturated carbocycles. The summed E-state index contributed by atoms with van der Waals surface area (Å²) in [4.78, 5) is 13.8. The van der Waals surface area contributed by atoms with E-state index in [9.17, 15) is 4.79 Å². The lowest BCUT2D eigenvalue weighted by Crippen LogP contribution is -2.05. The number of nitrogens with zero attached hydrogens (tertiary/aromatic N) is 1. The maximum absolute atomic E-state index is 11.6. The molecule has 0 N–H and O–H groups in total. The Morgan fingerprint density at radius 3 is 2.40 bits per heavy atom. The standard InChI is InChI=1S/C17H23NO2/c1-5-18-10-16(18)17(13(4)19)20-11-14-6-8-15(9-7-14)12(2)3/h6-9,12H,5,10-11H2,1-4H3/b17-16-. The van der Waals surface area contributed by atoms with Crippen LogP contribution in [-0.4, -0.2) is 23.8 Å². The van der Waals surface area contributed by atoms with Crippen LogP contribution in [0.25, 0.3) is 0 Å². The third kappa shape index (κ3) is 3.41. The van der Waals surface area contributed by atoms with Crippen molar-refractivity contribution in [1.82, 2.24) is 4.90 Å². The molecule has 0 spiro atoms. The molecule has 0 aromatic heterocycles. The molecule has 3 nitrogen and oxygen atoms in total. The first kappa shape index (κ1) is 14.6. The average molecular weight is 273 g/mol. The van der Waals surface area contributed by atoms with E-state index < -0.39 is 0 Å². The highest BCUT2D eigenvalue weighted by atomic mass is 16.5. The largest absolute Gasteiger partial charge is 0.483 e. The van der Waals surface area contributed by atoms with Crippen molar-refractivity contribution in [1.29, 1.82) is 0 Å². The topological polar surface area (TPSA) is 29.3 Å². The lowest BCUT2D eigenvalue weighted by atomic mass is 10.0. The highest BCUT2D eigenvalue weighted by Crippen LogP contribution is 2.27. The Morgan fingerprint density at radius 1 is 1.30 bits per heavy atom. The maximum atomic E-state index is 11.6. The van der Waals surface area contributed by atoms with Gasteiger partial charge in [-0.05, 0) is 24.0 Å². The fraction of sp³-hybridized carbons (Fsp3) is 0.471. The quantitative estimate of drug-likeness (QED) is 0.451. The van der Waals surface area contributed by atoms with E-state index in [4.69, 9.17) is 4.74 Å². The number of hydrogen-bond acceptors (Lipinski definition) is 3. The lowest BCUT2D eigenvalue weighted by Gasteiger charge is -2.10. The second-order valence-electron chi connectivity index (χ2n) is 5.53. The highest BCUT2D eigenvalue weighted by Gasteiger charge is 2.30. The molecule has 20 heavy (non-hydrogen) atoms. The van der Waals surface area contributed by atoms with E-state index >= 15 is 0 Å². The molecular formula is C17H23NO2. The summed E-state index contributed by atoms with van der Waals surface area (Å²) in [6, 6.07) is 8.39. The SMILES string of the molecule is CCN1C/C1=C(/OCc1ccc(C(C)C)cc1)C(C)=O. The summed E-state index contributed by atoms with van der Waals surface area (Å²) in [5, 5.41) is 0. The van der Waals surface area contributed by atoms with Crippen molar-refractivity contribution >= 4 is 5.78 Å². The molecule has 0 unspecified atom stereocenters. The van der Waals surface area contributed by atoms with E-state index in [0.717, 1.165) is 24.4 Å². The molecular weight excluding hydrogens is 250 g/mol. The number of benzene rings is 1. The molecule has 0 radical (unpaired) electrons. The maximum Gasteiger partial charge on any atom is 0.196 e. The van der Waals surface area contributed by atoms with E-state index in [0.29, 0.717) is 18.3 Å². The molecule has 1 aliphatic heterocycles. The predicted molar refractivity (Wildman–Crippen MR) is 80.3 cm³/mol. The van der Waals surface area contributed by atoms with Gasteiger partial charge in [-0.1, -0.05) is 38.1 Å². The molecule has 0 amide bonds. The summed E-state index contributed by atoms with van der Waals surface area (Å²) in [6.45, 7) is 10.2. The zero-order valence-electron chi connectivity index (χ0n) is 12.8. The Labute approximate surface area is 121 Å². The normalized spacial score (nSPS) is 16.4. The van der Waals surface area contributed by atoms with Gasteiger partial charge in [0.1, 0.15) is 6.61 Å². The van der Waals surface area contributed by atoms with Crippen LogP contribution >= 0.6 is 0 Å². The van der Waals surface area contributed by atoms with Crippen molar-refractivity contribution in [2.45, 2.75) is 40.2 Å². The number of likely N-dealkylation sites (N-methyl/N-ethyl adjacent to an activating group) is 1. The Kier molecular flexibility index (Phi) is 4.48. The molecule has 1 heterocycles. The van der Waals surface area contributed by atoms with Crippen molar-refractivity contribution in [2.24, 2.45) is 0 Å². The van der Waals surface area contributed by atoms with Crippen LogP contribution in [0.1, 0.15) is 44.7 Å². The minimum absolute atomic E-state index is 0.00903. The predicted octanol–water partition coefficient (Wildman–Crippen LogP) is 3.46. The Morgan fingerprint density at radius 2 is 1.95 bits per heavy atom. The zero-order chi connectivity index (χ0) is 14.7.